The molecule has 0 atom stereocenters. The maximum Gasteiger partial charge on any atom is 0.00536 e. The van der Waals surface area contributed by atoms with E-state index in [4.69, 9.17) is 0 Å². The van der Waals surface area contributed by atoms with Crippen LogP contribution in [0.4, 0.5) is 0 Å². The van der Waals surface area contributed by atoms with E-state index in [-0.39, 0.29) is 26.2 Å². The number of allylic oxidation sites excluding steroid dienone is 4. The summed E-state index contributed by atoms with van der Waals surface area (Å²) in [7, 11) is 0. The van der Waals surface area contributed by atoms with Gasteiger partial charge in [0.15, 0.2) is 0 Å². The van der Waals surface area contributed by atoms with Crippen molar-refractivity contribution in [2.75, 3.05) is 0 Å². The summed E-state index contributed by atoms with van der Waals surface area (Å²) in [5.41, 5.74) is 1.44. The Balaban J connectivity index is 0.000000640. The van der Waals surface area contributed by atoms with Crippen LogP contribution < -0.4 is 0 Å². The van der Waals surface area contributed by atoms with Gasteiger partial charge in [-0.05, 0) is 11.5 Å². The SMILES string of the molecule is CC(C)C1=C[CH]C=C1.[Zr]. The van der Waals surface area contributed by atoms with Crippen LogP contribution >= 0.6 is 0 Å². The van der Waals surface area contributed by atoms with Crippen molar-refractivity contribution in [3.8, 4) is 0 Å². The first kappa shape index (κ1) is 9.36. The second-order valence-corrected chi connectivity index (χ2v) is 2.37. The Morgan fingerprint density at radius 2 is 2.00 bits per heavy atom. The van der Waals surface area contributed by atoms with Crippen LogP contribution in [0.1, 0.15) is 13.8 Å². The molecule has 0 N–H and O–H groups in total. The fourth-order valence-corrected chi connectivity index (χ4v) is 0.774. The Morgan fingerprint density at radius 1 is 1.33 bits per heavy atom. The van der Waals surface area contributed by atoms with Gasteiger partial charge in [-0.1, -0.05) is 32.1 Å². The van der Waals surface area contributed by atoms with E-state index in [1.807, 2.05) is 0 Å². The standard InChI is InChI=1S/C8H11.Zr/c1-7(2)8-5-3-4-6-8;/h3-7H,1-2H3;. The topological polar surface area (TPSA) is 0 Å². The molecule has 0 spiro atoms. The van der Waals surface area contributed by atoms with Gasteiger partial charge < -0.3 is 0 Å². The third kappa shape index (κ3) is 2.62. The normalized spacial score (nSPS) is 15.7. The molecule has 0 fully saturated rings. The van der Waals surface area contributed by atoms with Crippen molar-refractivity contribution in [3.63, 3.8) is 0 Å². The van der Waals surface area contributed by atoms with Crippen molar-refractivity contribution in [3.05, 3.63) is 30.2 Å². The quantitative estimate of drug-likeness (QED) is 0.607. The fraction of sp³-hybridized carbons (Fsp3) is 0.375. The Hall–Kier alpha value is 0.363. The molecule has 0 bridgehead atoms. The first-order valence-electron chi connectivity index (χ1n) is 3.02. The predicted octanol–water partition coefficient (Wildman–Crippen LogP) is 2.34. The van der Waals surface area contributed by atoms with Crippen LogP contribution in [0, 0.1) is 12.3 Å². The van der Waals surface area contributed by atoms with Crippen LogP contribution in [-0.2, 0) is 26.2 Å². The van der Waals surface area contributed by atoms with Crippen LogP contribution in [0.15, 0.2) is 23.8 Å². The van der Waals surface area contributed by atoms with Crippen molar-refractivity contribution in [1.29, 1.82) is 0 Å². The summed E-state index contributed by atoms with van der Waals surface area (Å²) in [6, 6.07) is 0. The van der Waals surface area contributed by atoms with Crippen molar-refractivity contribution in [2.45, 2.75) is 13.8 Å². The van der Waals surface area contributed by atoms with Gasteiger partial charge in [0, 0.05) is 32.6 Å². The predicted molar refractivity (Wildman–Crippen MR) is 36.4 cm³/mol. The van der Waals surface area contributed by atoms with E-state index in [1.54, 1.807) is 0 Å². The van der Waals surface area contributed by atoms with E-state index in [2.05, 4.69) is 38.5 Å². The molecule has 1 rings (SSSR count). The summed E-state index contributed by atoms with van der Waals surface area (Å²) >= 11 is 0. The van der Waals surface area contributed by atoms with Gasteiger partial charge >= 0.3 is 0 Å². The molecule has 1 aliphatic rings. The van der Waals surface area contributed by atoms with E-state index in [9.17, 15) is 0 Å². The number of hydrogen-bond acceptors (Lipinski definition) is 0. The number of hydrogen-bond donors (Lipinski definition) is 0. The molecule has 9 heavy (non-hydrogen) atoms. The van der Waals surface area contributed by atoms with E-state index in [0.29, 0.717) is 5.92 Å². The second-order valence-electron chi connectivity index (χ2n) is 2.37. The zero-order valence-electron chi connectivity index (χ0n) is 5.89. The van der Waals surface area contributed by atoms with Crippen LogP contribution in [0.2, 0.25) is 0 Å². The molecule has 1 heteroatoms. The van der Waals surface area contributed by atoms with Crippen molar-refractivity contribution in [1.82, 2.24) is 0 Å². The van der Waals surface area contributed by atoms with Gasteiger partial charge in [0.2, 0.25) is 0 Å². The Labute approximate surface area is 76.2 Å². The molecule has 0 aromatic rings. The first-order valence-corrected chi connectivity index (χ1v) is 3.02. The zero-order valence-corrected chi connectivity index (χ0v) is 8.34. The van der Waals surface area contributed by atoms with E-state index in [1.165, 1.54) is 5.57 Å². The minimum atomic E-state index is 0. The molecule has 0 nitrogen and oxygen atoms in total. The Morgan fingerprint density at radius 3 is 2.22 bits per heavy atom. The summed E-state index contributed by atoms with van der Waals surface area (Å²) in [5.74, 6) is 0.685. The molecule has 1 aliphatic carbocycles. The number of rotatable bonds is 1. The molecule has 0 unspecified atom stereocenters. The second kappa shape index (κ2) is 4.22. The summed E-state index contributed by atoms with van der Waals surface area (Å²) in [4.78, 5) is 0. The monoisotopic (exact) mass is 197 g/mol. The van der Waals surface area contributed by atoms with Crippen molar-refractivity contribution < 1.29 is 26.2 Å². The molecule has 0 aromatic carbocycles. The molecule has 0 saturated heterocycles. The minimum Gasteiger partial charge on any atom is -0.0764 e. The molecule has 0 amide bonds. The smallest absolute Gasteiger partial charge is 0.00536 e. The molecule has 1 radical (unpaired) electrons. The van der Waals surface area contributed by atoms with Crippen molar-refractivity contribution >= 4 is 0 Å². The van der Waals surface area contributed by atoms with E-state index in [0.717, 1.165) is 0 Å². The van der Waals surface area contributed by atoms with Gasteiger partial charge in [0.05, 0.1) is 0 Å². The average molecular weight is 198 g/mol. The minimum absolute atomic E-state index is 0. The van der Waals surface area contributed by atoms with E-state index < -0.39 is 0 Å². The van der Waals surface area contributed by atoms with Gasteiger partial charge in [-0.25, -0.2) is 0 Å². The summed E-state index contributed by atoms with van der Waals surface area (Å²) in [6.45, 7) is 4.41. The summed E-state index contributed by atoms with van der Waals surface area (Å²) in [5, 5.41) is 0. The van der Waals surface area contributed by atoms with Crippen LogP contribution in [0.5, 0.6) is 0 Å². The third-order valence-corrected chi connectivity index (χ3v) is 1.36. The molecule has 0 aromatic heterocycles. The molecular formula is C8H11Zr. The van der Waals surface area contributed by atoms with Gasteiger partial charge in [-0.2, -0.15) is 0 Å². The van der Waals surface area contributed by atoms with Crippen LogP contribution in [0.25, 0.3) is 0 Å². The Bertz CT molecular complexity index is 132. The maximum atomic E-state index is 2.20. The maximum absolute atomic E-state index is 2.20. The summed E-state index contributed by atoms with van der Waals surface area (Å²) < 4.78 is 0. The molecule has 0 heterocycles. The molecule has 0 saturated carbocycles. The van der Waals surface area contributed by atoms with Gasteiger partial charge in [-0.3, -0.25) is 0 Å². The first-order chi connectivity index (χ1) is 3.80. The van der Waals surface area contributed by atoms with Crippen LogP contribution in [-0.4, -0.2) is 0 Å². The van der Waals surface area contributed by atoms with Gasteiger partial charge in [0.1, 0.15) is 0 Å². The van der Waals surface area contributed by atoms with Gasteiger partial charge in [0.25, 0.3) is 0 Å². The Kier molecular flexibility index (Phi) is 4.39. The molecule has 47 valence electrons. The molecule has 0 aliphatic heterocycles. The largest absolute Gasteiger partial charge is 0.0764 e. The van der Waals surface area contributed by atoms with Crippen molar-refractivity contribution in [2.24, 2.45) is 5.92 Å². The zero-order chi connectivity index (χ0) is 5.98. The van der Waals surface area contributed by atoms with Crippen LogP contribution in [0.3, 0.4) is 0 Å². The average Bonchev–Trinajstić information content (AvgIpc) is 2.12. The molecular weight excluding hydrogens is 187 g/mol. The van der Waals surface area contributed by atoms with Gasteiger partial charge in [-0.15, -0.1) is 0 Å². The van der Waals surface area contributed by atoms with E-state index >= 15 is 0 Å². The fourth-order valence-electron chi connectivity index (χ4n) is 0.774. The third-order valence-electron chi connectivity index (χ3n) is 1.36. The summed E-state index contributed by atoms with van der Waals surface area (Å²) in [6.07, 6.45) is 8.47.